The van der Waals surface area contributed by atoms with Crippen LogP contribution in [0.15, 0.2) is 24.3 Å². The highest BCUT2D eigenvalue weighted by Crippen LogP contribution is 2.42. The Bertz CT molecular complexity index is 568. The number of halogens is 2. The average molecular weight is 326 g/mol. The first kappa shape index (κ1) is 17.4. The number of hydrogen-bond donors (Lipinski definition) is 0. The minimum Gasteiger partial charge on any atom is -0.497 e. The maximum atomic E-state index is 14.2. The first-order valence-corrected chi connectivity index (χ1v) is 7.59. The lowest BCUT2D eigenvalue weighted by molar-refractivity contribution is -0.182. The number of Topliss-reactive ketones (excluding diaryl/α,β-unsaturated/α-hetero) is 1. The Labute approximate surface area is 133 Å². The van der Waals surface area contributed by atoms with Crippen LogP contribution >= 0.6 is 0 Å². The second kappa shape index (κ2) is 7.06. The molecule has 23 heavy (non-hydrogen) atoms. The molecule has 1 fully saturated rings. The van der Waals surface area contributed by atoms with Crippen molar-refractivity contribution >= 4 is 11.8 Å². The fourth-order valence-corrected chi connectivity index (χ4v) is 2.94. The number of rotatable bonds is 5. The van der Waals surface area contributed by atoms with Crippen LogP contribution in [0.5, 0.6) is 5.75 Å². The van der Waals surface area contributed by atoms with Crippen molar-refractivity contribution in [2.24, 2.45) is 5.92 Å². The highest BCUT2D eigenvalue weighted by molar-refractivity contribution is 5.83. The molecule has 126 valence electrons. The van der Waals surface area contributed by atoms with Gasteiger partial charge in [0.15, 0.2) is 0 Å². The lowest BCUT2D eigenvalue weighted by Gasteiger charge is -2.32. The summed E-state index contributed by atoms with van der Waals surface area (Å²) in [4.78, 5) is 23.4. The molecule has 0 aromatic heterocycles. The maximum Gasteiger partial charge on any atom is 0.377 e. The maximum absolute atomic E-state index is 14.2. The van der Waals surface area contributed by atoms with Crippen LogP contribution in [0, 0.1) is 5.92 Å². The van der Waals surface area contributed by atoms with E-state index in [1.807, 2.05) is 0 Å². The molecule has 1 aromatic rings. The Balaban J connectivity index is 2.17. The quantitative estimate of drug-likeness (QED) is 0.779. The molecule has 1 aliphatic rings. The molecule has 2 unspecified atom stereocenters. The monoisotopic (exact) mass is 326 g/mol. The lowest BCUT2D eigenvalue weighted by atomic mass is 9.75. The summed E-state index contributed by atoms with van der Waals surface area (Å²) in [6, 6.07) is 6.99. The summed E-state index contributed by atoms with van der Waals surface area (Å²) < 4.78 is 38.0. The molecule has 1 aromatic carbocycles. The lowest BCUT2D eigenvalue weighted by Crippen LogP contribution is -2.42. The van der Waals surface area contributed by atoms with Gasteiger partial charge in [0.05, 0.1) is 13.7 Å². The Hall–Kier alpha value is -1.98. The number of esters is 1. The minimum absolute atomic E-state index is 0.0733. The van der Waals surface area contributed by atoms with Crippen LogP contribution in [-0.4, -0.2) is 31.4 Å². The summed E-state index contributed by atoms with van der Waals surface area (Å²) in [7, 11) is 1.54. The van der Waals surface area contributed by atoms with Gasteiger partial charge in [-0.05, 0) is 37.0 Å². The van der Waals surface area contributed by atoms with Crippen molar-refractivity contribution in [2.45, 2.75) is 38.0 Å². The van der Waals surface area contributed by atoms with E-state index in [2.05, 4.69) is 4.74 Å². The topological polar surface area (TPSA) is 52.6 Å². The molecule has 0 heterocycles. The molecular formula is C17H20F2O4. The Morgan fingerprint density at radius 1 is 1.26 bits per heavy atom. The number of hydrogen-bond acceptors (Lipinski definition) is 4. The van der Waals surface area contributed by atoms with E-state index in [4.69, 9.17) is 4.74 Å². The normalized spacial score (nSPS) is 21.8. The summed E-state index contributed by atoms with van der Waals surface area (Å²) in [6.45, 7) is 1.36. The van der Waals surface area contributed by atoms with Gasteiger partial charge in [0.2, 0.25) is 0 Å². The van der Waals surface area contributed by atoms with Crippen molar-refractivity contribution in [2.75, 3.05) is 13.7 Å². The highest BCUT2D eigenvalue weighted by atomic mass is 19.3. The molecule has 0 saturated heterocycles. The standard InChI is InChI=1S/C17H20F2O4/c1-3-23-16(21)17(18,19)13-8-12(9-14(20)10-13)11-4-6-15(22-2)7-5-11/h4-7,12-13H,3,8-10H2,1-2H3. The van der Waals surface area contributed by atoms with Crippen molar-refractivity contribution in [1.29, 1.82) is 0 Å². The van der Waals surface area contributed by atoms with Gasteiger partial charge < -0.3 is 9.47 Å². The van der Waals surface area contributed by atoms with Gasteiger partial charge in [-0.15, -0.1) is 0 Å². The summed E-state index contributed by atoms with van der Waals surface area (Å²) in [5.74, 6) is -6.44. The fraction of sp³-hybridized carbons (Fsp3) is 0.529. The SMILES string of the molecule is CCOC(=O)C(F)(F)C1CC(=O)CC(c2ccc(OC)cc2)C1. The smallest absolute Gasteiger partial charge is 0.377 e. The molecule has 1 aliphatic carbocycles. The molecule has 4 nitrogen and oxygen atoms in total. The van der Waals surface area contributed by atoms with E-state index in [0.717, 1.165) is 5.56 Å². The summed E-state index contributed by atoms with van der Waals surface area (Å²) in [6.07, 6.45) is -0.00984. The van der Waals surface area contributed by atoms with Crippen molar-refractivity contribution in [3.05, 3.63) is 29.8 Å². The van der Waals surface area contributed by atoms with Crippen LogP contribution in [0.4, 0.5) is 8.78 Å². The second-order valence-corrected chi connectivity index (χ2v) is 5.69. The van der Waals surface area contributed by atoms with Gasteiger partial charge in [-0.1, -0.05) is 12.1 Å². The molecule has 0 aliphatic heterocycles. The first-order valence-electron chi connectivity index (χ1n) is 7.59. The van der Waals surface area contributed by atoms with Crippen LogP contribution in [0.1, 0.15) is 37.7 Å². The van der Waals surface area contributed by atoms with Crippen molar-refractivity contribution in [1.82, 2.24) is 0 Å². The number of ether oxygens (including phenoxy) is 2. The van der Waals surface area contributed by atoms with E-state index in [0.29, 0.717) is 5.75 Å². The zero-order valence-electron chi connectivity index (χ0n) is 13.2. The van der Waals surface area contributed by atoms with Gasteiger partial charge in [0.1, 0.15) is 11.5 Å². The predicted octanol–water partition coefficient (Wildman–Crippen LogP) is 3.35. The molecule has 0 bridgehead atoms. The molecule has 1 saturated carbocycles. The second-order valence-electron chi connectivity index (χ2n) is 5.69. The Morgan fingerprint density at radius 2 is 1.91 bits per heavy atom. The molecule has 6 heteroatoms. The van der Waals surface area contributed by atoms with E-state index in [-0.39, 0.29) is 37.6 Å². The Kier molecular flexibility index (Phi) is 5.34. The van der Waals surface area contributed by atoms with Crippen LogP contribution < -0.4 is 4.74 Å². The minimum atomic E-state index is -3.64. The van der Waals surface area contributed by atoms with Crippen molar-refractivity contribution in [3.63, 3.8) is 0 Å². The van der Waals surface area contributed by atoms with Crippen molar-refractivity contribution in [3.8, 4) is 5.75 Å². The number of carbonyl (C=O) groups is 2. The number of benzene rings is 1. The Morgan fingerprint density at radius 3 is 2.48 bits per heavy atom. The van der Waals surface area contributed by atoms with Gasteiger partial charge in [-0.25, -0.2) is 4.79 Å². The molecule has 0 amide bonds. The predicted molar refractivity (Wildman–Crippen MR) is 79.7 cm³/mol. The van der Waals surface area contributed by atoms with Gasteiger partial charge in [0.25, 0.3) is 0 Å². The highest BCUT2D eigenvalue weighted by Gasteiger charge is 2.51. The van der Waals surface area contributed by atoms with Crippen LogP contribution in [0.3, 0.4) is 0 Å². The summed E-state index contributed by atoms with van der Waals surface area (Å²) in [5, 5.41) is 0. The number of ketones is 1. The van der Waals surface area contributed by atoms with Gasteiger partial charge in [-0.3, -0.25) is 4.79 Å². The zero-order chi connectivity index (χ0) is 17.0. The van der Waals surface area contributed by atoms with E-state index >= 15 is 0 Å². The number of alkyl halides is 2. The van der Waals surface area contributed by atoms with Crippen molar-refractivity contribution < 1.29 is 27.8 Å². The molecule has 2 rings (SSSR count). The first-order chi connectivity index (χ1) is 10.9. The van der Waals surface area contributed by atoms with Crippen LogP contribution in [-0.2, 0) is 14.3 Å². The van der Waals surface area contributed by atoms with Gasteiger partial charge in [0, 0.05) is 18.8 Å². The number of methoxy groups -OCH3 is 1. The zero-order valence-corrected chi connectivity index (χ0v) is 13.2. The average Bonchev–Trinajstić information content (AvgIpc) is 2.54. The third-order valence-corrected chi connectivity index (χ3v) is 4.16. The van der Waals surface area contributed by atoms with Crippen LogP contribution in [0.25, 0.3) is 0 Å². The summed E-state index contributed by atoms with van der Waals surface area (Å²) in [5.41, 5.74) is 0.795. The molecule has 0 radical (unpaired) electrons. The van der Waals surface area contributed by atoms with E-state index < -0.39 is 17.8 Å². The fourth-order valence-electron chi connectivity index (χ4n) is 2.94. The third kappa shape index (κ3) is 3.86. The molecule has 2 atom stereocenters. The van der Waals surface area contributed by atoms with Crippen LogP contribution in [0.2, 0.25) is 0 Å². The van der Waals surface area contributed by atoms with E-state index in [9.17, 15) is 18.4 Å². The van der Waals surface area contributed by atoms with E-state index in [1.54, 1.807) is 24.3 Å². The molecular weight excluding hydrogens is 306 g/mol. The summed E-state index contributed by atoms with van der Waals surface area (Å²) >= 11 is 0. The van der Waals surface area contributed by atoms with Gasteiger partial charge in [-0.2, -0.15) is 8.78 Å². The number of carbonyl (C=O) groups excluding carboxylic acids is 2. The molecule has 0 N–H and O–H groups in total. The van der Waals surface area contributed by atoms with Gasteiger partial charge >= 0.3 is 11.9 Å². The molecule has 0 spiro atoms. The third-order valence-electron chi connectivity index (χ3n) is 4.16. The largest absolute Gasteiger partial charge is 0.497 e. The van der Waals surface area contributed by atoms with E-state index in [1.165, 1.54) is 14.0 Å².